The van der Waals surface area contributed by atoms with Crippen LogP contribution in [0.15, 0.2) is 12.2 Å². The maximum Gasteiger partial charge on any atom is 0.220 e. The van der Waals surface area contributed by atoms with Crippen LogP contribution >= 0.6 is 0 Å². The minimum absolute atomic E-state index is 0.210. The van der Waals surface area contributed by atoms with Crippen LogP contribution < -0.4 is 5.32 Å². The Morgan fingerprint density at radius 1 is 0.427 bits per heavy atom. The molecule has 82 heavy (non-hydrogen) atoms. The average molecular weight is 1170 g/mol. The summed E-state index contributed by atoms with van der Waals surface area (Å²) in [7, 11) is 0. The number of unbranched alkanes of at least 4 members (excludes halogenated alkanes) is 43. The number of hydrogen-bond donors (Lipinski definition) is 9. The largest absolute Gasteiger partial charge is 0.394 e. The summed E-state index contributed by atoms with van der Waals surface area (Å²) >= 11 is 0. The van der Waals surface area contributed by atoms with Gasteiger partial charge in [0, 0.05) is 6.42 Å². The Hall–Kier alpha value is -1.27. The van der Waals surface area contributed by atoms with Gasteiger partial charge in [-0.25, -0.2) is 0 Å². The molecule has 14 heteroatoms. The summed E-state index contributed by atoms with van der Waals surface area (Å²) < 4.78 is 22.9. The zero-order chi connectivity index (χ0) is 59.5. The summed E-state index contributed by atoms with van der Waals surface area (Å²) in [4.78, 5) is 13.3. The molecule has 0 radical (unpaired) electrons. The van der Waals surface area contributed by atoms with E-state index in [9.17, 15) is 45.6 Å². The van der Waals surface area contributed by atoms with Crippen molar-refractivity contribution in [2.24, 2.45) is 0 Å². The minimum atomic E-state index is -1.78. The van der Waals surface area contributed by atoms with Crippen molar-refractivity contribution in [2.45, 2.75) is 396 Å². The number of hydrogen-bond acceptors (Lipinski definition) is 13. The van der Waals surface area contributed by atoms with Gasteiger partial charge in [-0.15, -0.1) is 0 Å². The van der Waals surface area contributed by atoms with Crippen molar-refractivity contribution in [3.05, 3.63) is 12.2 Å². The first-order valence-corrected chi connectivity index (χ1v) is 34.9. The first kappa shape index (κ1) is 76.8. The Morgan fingerprint density at radius 3 is 1.16 bits per heavy atom. The maximum absolute atomic E-state index is 13.3. The van der Waals surface area contributed by atoms with Gasteiger partial charge in [0.15, 0.2) is 12.6 Å². The van der Waals surface area contributed by atoms with Gasteiger partial charge in [-0.2, -0.15) is 0 Å². The third-order valence-electron chi connectivity index (χ3n) is 17.5. The Morgan fingerprint density at radius 2 is 0.768 bits per heavy atom. The van der Waals surface area contributed by atoms with Gasteiger partial charge in [-0.1, -0.05) is 289 Å². The van der Waals surface area contributed by atoms with Crippen LogP contribution in [0.1, 0.15) is 322 Å². The van der Waals surface area contributed by atoms with Gasteiger partial charge in [-0.3, -0.25) is 4.79 Å². The van der Waals surface area contributed by atoms with Crippen molar-refractivity contribution in [1.29, 1.82) is 0 Å². The predicted molar refractivity (Wildman–Crippen MR) is 332 cm³/mol. The molecular weight excluding hydrogens is 1040 g/mol. The smallest absolute Gasteiger partial charge is 0.220 e. The van der Waals surface area contributed by atoms with E-state index in [1.54, 1.807) is 0 Å². The van der Waals surface area contributed by atoms with Gasteiger partial charge < -0.3 is 65.1 Å². The number of ether oxygens (including phenoxy) is 4. The SMILES string of the molecule is CCCCCCCCC/C=C\CCCCCCCC(=O)NC(COC1OC(CO)C(OC2OC(CO)C(O)C(O)C2O)C(O)C1O)C(O)CCCCCCCCCCCCCCCCCCCCCCCCCCCCCCCCCC. The number of allylic oxidation sites excluding steroid dienone is 2. The topological polar surface area (TPSA) is 228 Å². The Bertz CT molecular complexity index is 1420. The van der Waals surface area contributed by atoms with Gasteiger partial charge in [0.25, 0.3) is 0 Å². The fraction of sp³-hybridized carbons (Fsp3) is 0.956. The van der Waals surface area contributed by atoms with Gasteiger partial charge in [0.1, 0.15) is 48.8 Å². The zero-order valence-corrected chi connectivity index (χ0v) is 52.8. The molecule has 12 atom stereocenters. The van der Waals surface area contributed by atoms with E-state index in [0.29, 0.717) is 19.3 Å². The highest BCUT2D eigenvalue weighted by atomic mass is 16.7. The van der Waals surface area contributed by atoms with Gasteiger partial charge >= 0.3 is 0 Å². The monoisotopic (exact) mass is 1170 g/mol. The minimum Gasteiger partial charge on any atom is -0.394 e. The van der Waals surface area contributed by atoms with Crippen LogP contribution in [0.3, 0.4) is 0 Å². The van der Waals surface area contributed by atoms with E-state index in [1.807, 2.05) is 0 Å². The molecule has 2 saturated heterocycles. The molecule has 2 rings (SSSR count). The normalized spacial score (nSPS) is 23.9. The van der Waals surface area contributed by atoms with E-state index >= 15 is 0 Å². The van der Waals surface area contributed by atoms with Crippen molar-refractivity contribution >= 4 is 5.91 Å². The maximum atomic E-state index is 13.3. The fourth-order valence-electron chi connectivity index (χ4n) is 11.9. The zero-order valence-electron chi connectivity index (χ0n) is 52.8. The lowest BCUT2D eigenvalue weighted by Crippen LogP contribution is -2.65. The molecule has 0 aromatic carbocycles. The van der Waals surface area contributed by atoms with Crippen LogP contribution in [0, 0.1) is 0 Å². The molecule has 2 aliphatic rings. The van der Waals surface area contributed by atoms with Crippen LogP contribution in [-0.4, -0.2) is 140 Å². The third kappa shape index (κ3) is 38.1. The molecule has 0 spiro atoms. The summed E-state index contributed by atoms with van der Waals surface area (Å²) in [6.07, 6.45) is 48.1. The average Bonchev–Trinajstić information content (AvgIpc) is 3.53. The second-order valence-electron chi connectivity index (χ2n) is 25.0. The van der Waals surface area contributed by atoms with Gasteiger partial charge in [0.2, 0.25) is 5.91 Å². The number of nitrogens with one attached hydrogen (secondary N) is 1. The van der Waals surface area contributed by atoms with Crippen LogP contribution in [0.25, 0.3) is 0 Å². The Labute approximate surface area is 501 Å². The third-order valence-corrected chi connectivity index (χ3v) is 17.5. The molecule has 0 bridgehead atoms. The number of aliphatic hydroxyl groups excluding tert-OH is 8. The lowest BCUT2D eigenvalue weighted by molar-refractivity contribution is -0.359. The molecular formula is C68H131NO13. The number of amides is 1. The van der Waals surface area contributed by atoms with E-state index in [4.69, 9.17) is 18.9 Å². The summed E-state index contributed by atoms with van der Waals surface area (Å²) in [5.41, 5.74) is 0. The number of rotatable bonds is 58. The van der Waals surface area contributed by atoms with Crippen LogP contribution in [0.5, 0.6) is 0 Å². The highest BCUT2D eigenvalue weighted by Crippen LogP contribution is 2.30. The van der Waals surface area contributed by atoms with Crippen LogP contribution in [-0.2, 0) is 23.7 Å². The molecule has 0 aliphatic carbocycles. The van der Waals surface area contributed by atoms with Crippen molar-refractivity contribution in [3.63, 3.8) is 0 Å². The van der Waals surface area contributed by atoms with E-state index in [2.05, 4.69) is 31.3 Å². The fourth-order valence-corrected chi connectivity index (χ4v) is 11.9. The van der Waals surface area contributed by atoms with Gasteiger partial charge in [-0.05, 0) is 38.5 Å². The molecule has 9 N–H and O–H groups in total. The van der Waals surface area contributed by atoms with E-state index in [0.717, 1.165) is 64.2 Å². The standard InChI is InChI=1S/C68H131NO13/c1-3-5-7-9-11-13-15-17-19-21-22-23-24-25-26-27-28-29-30-31-32-33-34-35-36-37-39-41-43-45-47-49-51-57(72)56(69-60(73)52-50-48-46-44-42-40-38-20-18-16-14-12-10-8-6-4-2)55-79-67-65(78)63(76)66(59(54-71)81-67)82-68-64(77)62(75)61(74)58(53-70)80-68/h20,38,56-59,61-68,70-72,74-78H,3-19,21-37,39-55H2,1-2H3,(H,69,73)/b38-20-. The highest BCUT2D eigenvalue weighted by molar-refractivity contribution is 5.76. The molecule has 486 valence electrons. The number of aliphatic hydroxyl groups is 8. The first-order valence-electron chi connectivity index (χ1n) is 34.9. The van der Waals surface area contributed by atoms with Crippen molar-refractivity contribution in [1.82, 2.24) is 5.32 Å². The molecule has 2 fully saturated rings. The van der Waals surface area contributed by atoms with Gasteiger partial charge in [0.05, 0.1) is 32.0 Å². The van der Waals surface area contributed by atoms with E-state index in [1.165, 1.54) is 225 Å². The predicted octanol–water partition coefficient (Wildman–Crippen LogP) is 13.8. The molecule has 0 saturated carbocycles. The summed E-state index contributed by atoms with van der Waals surface area (Å²) in [5, 5.41) is 87.5. The first-order chi connectivity index (χ1) is 40.1. The summed E-state index contributed by atoms with van der Waals surface area (Å²) in [6, 6.07) is -0.831. The Kier molecular flexibility index (Phi) is 50.5. The second-order valence-corrected chi connectivity index (χ2v) is 25.0. The highest BCUT2D eigenvalue weighted by Gasteiger charge is 2.51. The van der Waals surface area contributed by atoms with Crippen LogP contribution in [0.4, 0.5) is 0 Å². The molecule has 2 heterocycles. The Balaban J connectivity index is 1.63. The molecule has 1 amide bonds. The van der Waals surface area contributed by atoms with Crippen LogP contribution in [0.2, 0.25) is 0 Å². The molecule has 12 unspecified atom stereocenters. The lowest BCUT2D eigenvalue weighted by Gasteiger charge is -2.46. The van der Waals surface area contributed by atoms with E-state index in [-0.39, 0.29) is 12.5 Å². The van der Waals surface area contributed by atoms with Crippen molar-refractivity contribution in [2.75, 3.05) is 19.8 Å². The summed E-state index contributed by atoms with van der Waals surface area (Å²) in [6.45, 7) is 2.90. The second kappa shape index (κ2) is 53.9. The number of carbonyl (C=O) groups excluding carboxylic acids is 1. The molecule has 0 aromatic heterocycles. The van der Waals surface area contributed by atoms with Crippen molar-refractivity contribution < 1.29 is 64.6 Å². The molecule has 14 nitrogen and oxygen atoms in total. The number of carbonyl (C=O) groups is 1. The van der Waals surface area contributed by atoms with E-state index < -0.39 is 86.8 Å². The van der Waals surface area contributed by atoms with Crippen molar-refractivity contribution in [3.8, 4) is 0 Å². The molecule has 2 aliphatic heterocycles. The quantitative estimate of drug-likeness (QED) is 0.0204. The summed E-state index contributed by atoms with van der Waals surface area (Å²) in [5.74, 6) is -0.210. The lowest BCUT2D eigenvalue weighted by atomic mass is 9.97. The molecule has 0 aromatic rings.